The van der Waals surface area contributed by atoms with E-state index in [2.05, 4.69) is 32.7 Å². The Morgan fingerprint density at radius 2 is 1.66 bits per heavy atom. The van der Waals surface area contributed by atoms with Crippen LogP contribution in [-0.2, 0) is 12.8 Å². The topological polar surface area (TPSA) is 66.9 Å². The van der Waals surface area contributed by atoms with Crippen LogP contribution in [0.1, 0.15) is 33.9 Å². The second kappa shape index (κ2) is 10.3. The number of hydrogen-bond acceptors (Lipinski definition) is 4. The van der Waals surface area contributed by atoms with Gasteiger partial charge in [0.05, 0.1) is 0 Å². The fourth-order valence-electron chi connectivity index (χ4n) is 2.99. The van der Waals surface area contributed by atoms with E-state index in [0.717, 1.165) is 24.9 Å². The maximum Gasteiger partial charge on any atom is 0.270 e. The monoisotopic (exact) mass is 392 g/mol. The van der Waals surface area contributed by atoms with Crippen molar-refractivity contribution in [1.82, 2.24) is 15.3 Å². The largest absolute Gasteiger partial charge is 0.370 e. The normalized spacial score (nSPS) is 10.6. The summed E-state index contributed by atoms with van der Waals surface area (Å²) in [5.74, 6) is 0.680. The molecular weight excluding hydrogens is 367 g/mol. The van der Waals surface area contributed by atoms with Crippen molar-refractivity contribution in [3.63, 3.8) is 0 Å². The highest BCUT2D eigenvalue weighted by Gasteiger charge is 2.10. The number of aryl methyl sites for hydroxylation is 2. The molecule has 2 N–H and O–H groups in total. The Bertz CT molecular complexity index is 929. The third kappa shape index (κ3) is 6.68. The predicted molar refractivity (Wildman–Crippen MR) is 112 cm³/mol. The fourth-order valence-corrected chi connectivity index (χ4v) is 2.99. The second-order valence-electron chi connectivity index (χ2n) is 6.83. The van der Waals surface area contributed by atoms with Crippen LogP contribution in [0.15, 0.2) is 60.7 Å². The Morgan fingerprint density at radius 3 is 2.41 bits per heavy atom. The van der Waals surface area contributed by atoms with Gasteiger partial charge in [0.25, 0.3) is 5.91 Å². The van der Waals surface area contributed by atoms with Gasteiger partial charge in [0, 0.05) is 19.2 Å². The molecule has 0 atom stereocenters. The van der Waals surface area contributed by atoms with Gasteiger partial charge in [-0.15, -0.1) is 0 Å². The SMILES string of the molecule is Cc1nc(NCCCc2ccccc2)cc(C(=O)NCCc2ccc(F)cc2)n1. The molecule has 3 aromatic rings. The summed E-state index contributed by atoms with van der Waals surface area (Å²) in [7, 11) is 0. The number of aromatic nitrogens is 2. The van der Waals surface area contributed by atoms with E-state index in [1.165, 1.54) is 17.7 Å². The number of carbonyl (C=O) groups excluding carboxylic acids is 1. The molecule has 1 heterocycles. The molecule has 29 heavy (non-hydrogen) atoms. The lowest BCUT2D eigenvalue weighted by Crippen LogP contribution is -2.27. The molecule has 0 fully saturated rings. The molecule has 0 bridgehead atoms. The number of benzene rings is 2. The Labute approximate surface area is 170 Å². The molecule has 0 unspecified atom stereocenters. The van der Waals surface area contributed by atoms with Crippen LogP contribution in [0.5, 0.6) is 0 Å². The van der Waals surface area contributed by atoms with Gasteiger partial charge in [0.2, 0.25) is 0 Å². The first kappa shape index (κ1) is 20.5. The fraction of sp³-hybridized carbons (Fsp3) is 0.261. The molecule has 150 valence electrons. The third-order valence-corrected chi connectivity index (χ3v) is 4.47. The second-order valence-corrected chi connectivity index (χ2v) is 6.83. The number of rotatable bonds is 9. The summed E-state index contributed by atoms with van der Waals surface area (Å²) in [6, 6.07) is 18.3. The van der Waals surface area contributed by atoms with Crippen molar-refractivity contribution in [2.75, 3.05) is 18.4 Å². The smallest absolute Gasteiger partial charge is 0.270 e. The molecule has 0 aliphatic heterocycles. The summed E-state index contributed by atoms with van der Waals surface area (Å²) in [6.07, 6.45) is 2.57. The molecular formula is C23H25FN4O. The van der Waals surface area contributed by atoms with E-state index in [1.54, 1.807) is 25.1 Å². The Hall–Kier alpha value is -3.28. The molecule has 0 aliphatic carbocycles. The van der Waals surface area contributed by atoms with Crippen molar-refractivity contribution in [3.8, 4) is 0 Å². The van der Waals surface area contributed by atoms with E-state index in [4.69, 9.17) is 0 Å². The average Bonchev–Trinajstić information content (AvgIpc) is 2.73. The molecule has 6 heteroatoms. The number of halogens is 1. The first-order chi connectivity index (χ1) is 14.1. The minimum Gasteiger partial charge on any atom is -0.370 e. The Kier molecular flexibility index (Phi) is 7.28. The van der Waals surface area contributed by atoms with Crippen LogP contribution in [0.25, 0.3) is 0 Å². The average molecular weight is 392 g/mol. The standard InChI is InChI=1S/C23H25FN4O/c1-17-27-21(23(29)26-15-13-19-9-11-20(24)12-10-19)16-22(28-17)25-14-5-8-18-6-3-2-4-7-18/h2-4,6-7,9-12,16H,5,8,13-15H2,1H3,(H,26,29)(H,25,27,28). The zero-order chi connectivity index (χ0) is 20.5. The number of amides is 1. The van der Waals surface area contributed by atoms with Gasteiger partial charge in [-0.3, -0.25) is 4.79 Å². The van der Waals surface area contributed by atoms with E-state index in [1.807, 2.05) is 18.2 Å². The van der Waals surface area contributed by atoms with Gasteiger partial charge >= 0.3 is 0 Å². The van der Waals surface area contributed by atoms with Crippen LogP contribution in [-0.4, -0.2) is 29.0 Å². The van der Waals surface area contributed by atoms with Crippen LogP contribution >= 0.6 is 0 Å². The van der Waals surface area contributed by atoms with E-state index >= 15 is 0 Å². The van der Waals surface area contributed by atoms with E-state index in [-0.39, 0.29) is 11.7 Å². The van der Waals surface area contributed by atoms with Crippen molar-refractivity contribution in [2.24, 2.45) is 0 Å². The molecule has 2 aromatic carbocycles. The first-order valence-electron chi connectivity index (χ1n) is 9.76. The molecule has 1 aromatic heterocycles. The van der Waals surface area contributed by atoms with Crippen molar-refractivity contribution < 1.29 is 9.18 Å². The lowest BCUT2D eigenvalue weighted by Gasteiger charge is -2.09. The summed E-state index contributed by atoms with van der Waals surface area (Å²) in [5.41, 5.74) is 2.60. The summed E-state index contributed by atoms with van der Waals surface area (Å²) in [4.78, 5) is 21.0. The zero-order valence-corrected chi connectivity index (χ0v) is 16.5. The molecule has 0 radical (unpaired) electrons. The molecule has 0 aliphatic rings. The summed E-state index contributed by atoms with van der Waals surface area (Å²) < 4.78 is 12.9. The molecule has 0 saturated heterocycles. The quantitative estimate of drug-likeness (QED) is 0.541. The van der Waals surface area contributed by atoms with Gasteiger partial charge in [-0.2, -0.15) is 0 Å². The van der Waals surface area contributed by atoms with E-state index in [9.17, 15) is 9.18 Å². The van der Waals surface area contributed by atoms with Gasteiger partial charge < -0.3 is 10.6 Å². The minimum atomic E-state index is -0.266. The van der Waals surface area contributed by atoms with Crippen molar-refractivity contribution in [3.05, 3.63) is 89.1 Å². The molecule has 0 saturated carbocycles. The van der Waals surface area contributed by atoms with Crippen LogP contribution < -0.4 is 10.6 Å². The van der Waals surface area contributed by atoms with E-state index in [0.29, 0.717) is 30.3 Å². The molecule has 1 amide bonds. The Morgan fingerprint density at radius 1 is 0.931 bits per heavy atom. The van der Waals surface area contributed by atoms with Gasteiger partial charge in [-0.05, 0) is 49.4 Å². The van der Waals surface area contributed by atoms with E-state index < -0.39 is 0 Å². The first-order valence-corrected chi connectivity index (χ1v) is 9.76. The minimum absolute atomic E-state index is 0.245. The van der Waals surface area contributed by atoms with Gasteiger partial charge in [-0.1, -0.05) is 42.5 Å². The molecule has 3 rings (SSSR count). The lowest BCUT2D eigenvalue weighted by atomic mass is 10.1. The molecule has 0 spiro atoms. The highest BCUT2D eigenvalue weighted by Crippen LogP contribution is 2.09. The maximum atomic E-state index is 12.9. The van der Waals surface area contributed by atoms with Crippen molar-refractivity contribution >= 4 is 11.7 Å². The number of hydrogen-bond donors (Lipinski definition) is 2. The lowest BCUT2D eigenvalue weighted by molar-refractivity contribution is 0.0949. The number of anilines is 1. The van der Waals surface area contributed by atoms with Crippen molar-refractivity contribution in [2.45, 2.75) is 26.2 Å². The van der Waals surface area contributed by atoms with Crippen LogP contribution in [0.2, 0.25) is 0 Å². The van der Waals surface area contributed by atoms with Crippen molar-refractivity contribution in [1.29, 1.82) is 0 Å². The summed E-state index contributed by atoms with van der Waals surface area (Å²) in [6.45, 7) is 2.98. The van der Waals surface area contributed by atoms with Gasteiger partial charge in [-0.25, -0.2) is 14.4 Å². The number of nitrogens with one attached hydrogen (secondary N) is 2. The summed E-state index contributed by atoms with van der Waals surface area (Å²) >= 11 is 0. The third-order valence-electron chi connectivity index (χ3n) is 4.47. The molecule has 5 nitrogen and oxygen atoms in total. The zero-order valence-electron chi connectivity index (χ0n) is 16.5. The predicted octanol–water partition coefficient (Wildman–Crippen LogP) is 3.94. The highest BCUT2D eigenvalue weighted by molar-refractivity contribution is 5.92. The maximum absolute atomic E-state index is 12.9. The van der Waals surface area contributed by atoms with Gasteiger partial charge in [0.1, 0.15) is 23.2 Å². The van der Waals surface area contributed by atoms with Crippen LogP contribution in [0.3, 0.4) is 0 Å². The highest BCUT2D eigenvalue weighted by atomic mass is 19.1. The van der Waals surface area contributed by atoms with Crippen LogP contribution in [0.4, 0.5) is 10.2 Å². The number of nitrogens with zero attached hydrogens (tertiary/aromatic N) is 2. The van der Waals surface area contributed by atoms with Gasteiger partial charge in [0.15, 0.2) is 0 Å². The Balaban J connectivity index is 1.48. The number of carbonyl (C=O) groups is 1. The van der Waals surface area contributed by atoms with Crippen LogP contribution in [0, 0.1) is 12.7 Å². The summed E-state index contributed by atoms with van der Waals surface area (Å²) in [5, 5.41) is 6.13.